The zero-order valence-corrected chi connectivity index (χ0v) is 34.4. The molecule has 4 N–H and O–H groups in total. The largest absolute Gasteiger partial charge is 0.392 e. The minimum absolute atomic E-state index is 0.00464. The molecule has 0 aromatic rings. The van der Waals surface area contributed by atoms with Crippen molar-refractivity contribution in [1.29, 1.82) is 0 Å². The van der Waals surface area contributed by atoms with E-state index in [9.17, 15) is 24.9 Å². The van der Waals surface area contributed by atoms with Crippen molar-refractivity contribution in [2.45, 2.75) is 199 Å². The molecule has 5 aliphatic rings. The summed E-state index contributed by atoms with van der Waals surface area (Å²) in [4.78, 5) is 30.8. The number of hydrogen-bond donors (Lipinski definition) is 4. The fourth-order valence-corrected chi connectivity index (χ4v) is 10.5. The van der Waals surface area contributed by atoms with E-state index in [0.29, 0.717) is 57.8 Å². The highest BCUT2D eigenvalue weighted by Gasteiger charge is 2.63. The lowest BCUT2D eigenvalue weighted by atomic mass is 9.72. The van der Waals surface area contributed by atoms with Crippen LogP contribution in [0.1, 0.15) is 133 Å². The van der Waals surface area contributed by atoms with Crippen LogP contribution >= 0.6 is 0 Å². The number of aliphatic hydroxyl groups excluding tert-OH is 2. The lowest BCUT2D eigenvalue weighted by Crippen LogP contribution is -2.63. The highest BCUT2D eigenvalue weighted by atomic mass is 17.1. The third-order valence-corrected chi connectivity index (χ3v) is 14.5. The maximum atomic E-state index is 14.5. The molecule has 0 saturated carbocycles. The van der Waals surface area contributed by atoms with E-state index in [1.165, 1.54) is 0 Å². The van der Waals surface area contributed by atoms with Crippen LogP contribution in [0.3, 0.4) is 0 Å². The molecule has 12 heteroatoms. The van der Waals surface area contributed by atoms with Crippen LogP contribution in [0.25, 0.3) is 0 Å². The number of carbonyl (C=O) groups is 2. The molecule has 5 heterocycles. The molecule has 0 aromatic heterocycles. The minimum Gasteiger partial charge on any atom is -0.392 e. The zero-order valence-electron chi connectivity index (χ0n) is 34.4. The molecule has 0 radical (unpaired) electrons. The first kappa shape index (κ1) is 43.6. The van der Waals surface area contributed by atoms with Gasteiger partial charge in [0.1, 0.15) is 11.9 Å². The predicted molar refractivity (Wildman–Crippen MR) is 200 cm³/mol. The molecule has 0 aliphatic carbocycles. The van der Waals surface area contributed by atoms with Gasteiger partial charge in [-0.3, -0.25) is 4.79 Å². The quantitative estimate of drug-likeness (QED) is 0.102. The molecule has 5 rings (SSSR count). The molecule has 0 aromatic carbocycles. The molecule has 12 nitrogen and oxygen atoms in total. The molecule has 0 bridgehead atoms. The van der Waals surface area contributed by atoms with Gasteiger partial charge in [-0.15, -0.1) is 0 Å². The highest BCUT2D eigenvalue weighted by Crippen LogP contribution is 2.54. The Morgan fingerprint density at radius 3 is 2.20 bits per heavy atom. The number of aliphatic hydroxyl groups is 3. The zero-order chi connectivity index (χ0) is 40.0. The van der Waals surface area contributed by atoms with E-state index in [2.05, 4.69) is 25.7 Å². The van der Waals surface area contributed by atoms with Crippen molar-refractivity contribution in [2.75, 3.05) is 0 Å². The maximum absolute atomic E-state index is 14.5. The molecule has 18 atom stereocenters. The molecule has 4 fully saturated rings. The molecule has 0 amide bonds. The second-order valence-corrected chi connectivity index (χ2v) is 18.0. The van der Waals surface area contributed by atoms with Gasteiger partial charge in [0, 0.05) is 30.1 Å². The van der Waals surface area contributed by atoms with Crippen LogP contribution in [0.2, 0.25) is 0 Å². The molecule has 2 spiro atoms. The van der Waals surface area contributed by atoms with Gasteiger partial charge in [-0.1, -0.05) is 55.4 Å². The van der Waals surface area contributed by atoms with Gasteiger partial charge >= 0.3 is 5.97 Å². The molecular weight excluding hydrogens is 696 g/mol. The van der Waals surface area contributed by atoms with E-state index in [0.717, 1.165) is 6.42 Å². The van der Waals surface area contributed by atoms with Crippen LogP contribution in [0.5, 0.6) is 0 Å². The topological polar surface area (TPSA) is 170 Å². The van der Waals surface area contributed by atoms with Crippen LogP contribution in [-0.4, -0.2) is 97.8 Å². The Balaban J connectivity index is 1.31. The van der Waals surface area contributed by atoms with E-state index in [4.69, 9.17) is 28.9 Å². The van der Waals surface area contributed by atoms with Crippen LogP contribution in [-0.2, 0) is 38.2 Å². The summed E-state index contributed by atoms with van der Waals surface area (Å²) in [5.41, 5.74) is -1.64. The Labute approximate surface area is 322 Å². The summed E-state index contributed by atoms with van der Waals surface area (Å²) < 4.78 is 33.5. The third kappa shape index (κ3) is 7.99. The second kappa shape index (κ2) is 16.8. The summed E-state index contributed by atoms with van der Waals surface area (Å²) >= 11 is 0. The fraction of sp³-hybridized carbons (Fsp3) is 0.905. The summed E-state index contributed by atoms with van der Waals surface area (Å²) in [6.45, 7) is 19.5. The normalized spacial score (nSPS) is 45.5. The number of hydrogen-bond acceptors (Lipinski definition) is 12. The van der Waals surface area contributed by atoms with Crippen molar-refractivity contribution < 1.29 is 58.7 Å². The van der Waals surface area contributed by atoms with E-state index in [1.54, 1.807) is 19.1 Å². The first-order chi connectivity index (χ1) is 25.3. The Morgan fingerprint density at radius 1 is 0.907 bits per heavy atom. The number of ketones is 1. The van der Waals surface area contributed by atoms with Crippen molar-refractivity contribution in [3.05, 3.63) is 12.2 Å². The molecule has 4 saturated heterocycles. The van der Waals surface area contributed by atoms with Crippen molar-refractivity contribution in [2.24, 2.45) is 41.4 Å². The van der Waals surface area contributed by atoms with Gasteiger partial charge in [-0.2, -0.15) is 5.26 Å². The molecule has 0 unspecified atom stereocenters. The smallest absolute Gasteiger partial charge is 0.347 e. The van der Waals surface area contributed by atoms with Gasteiger partial charge in [0.25, 0.3) is 0 Å². The maximum Gasteiger partial charge on any atom is 0.347 e. The molecule has 310 valence electrons. The first-order valence-corrected chi connectivity index (χ1v) is 20.9. The van der Waals surface area contributed by atoms with Gasteiger partial charge in [-0.25, -0.2) is 4.79 Å². The standard InChI is InChI=1S/C42H70O12/c1-11-29(38(46)52-48)31-15-14-23(4)36(50-31)27(8)34(44)26(7)35(45)30(12-2)37-24(5)22-25(6)41(51-37)19-16-32(43)42(54-41)21-20-39(10,53-42)33-17-18-40(47,13-3)28(9)49-33/h16,19,23-34,36-37,43-44,47-48H,11-15,17-18,20-22H2,1-10H3/t23-,24-,25+,26-,27-,28-,29+,30-,31+,32+,33+,34+,36+,37-,39-,40+,41-,42-/m0/s1. The molecular formula is C42H70O12. The van der Waals surface area contributed by atoms with Gasteiger partial charge < -0.3 is 43.9 Å². The molecule has 5 aliphatic heterocycles. The summed E-state index contributed by atoms with van der Waals surface area (Å²) in [5, 5.41) is 43.3. The summed E-state index contributed by atoms with van der Waals surface area (Å²) in [7, 11) is 0. The van der Waals surface area contributed by atoms with Crippen molar-refractivity contribution in [1.82, 2.24) is 0 Å². The van der Waals surface area contributed by atoms with Crippen LogP contribution < -0.4 is 0 Å². The second-order valence-electron chi connectivity index (χ2n) is 18.0. The van der Waals surface area contributed by atoms with Crippen molar-refractivity contribution in [3.63, 3.8) is 0 Å². The summed E-state index contributed by atoms with van der Waals surface area (Å²) in [6.07, 6.45) is 5.29. The monoisotopic (exact) mass is 766 g/mol. The summed E-state index contributed by atoms with van der Waals surface area (Å²) in [6, 6.07) is 0. The Kier molecular flexibility index (Phi) is 13.6. The minimum atomic E-state index is -1.38. The van der Waals surface area contributed by atoms with E-state index < -0.39 is 82.9 Å². The van der Waals surface area contributed by atoms with Gasteiger partial charge in [0.05, 0.1) is 53.7 Å². The van der Waals surface area contributed by atoms with Gasteiger partial charge in [0.2, 0.25) is 5.79 Å². The van der Waals surface area contributed by atoms with Crippen molar-refractivity contribution >= 4 is 11.8 Å². The number of rotatable bonds is 12. The van der Waals surface area contributed by atoms with E-state index >= 15 is 0 Å². The number of ether oxygens (including phenoxy) is 5. The average Bonchev–Trinajstić information content (AvgIpc) is 3.50. The van der Waals surface area contributed by atoms with E-state index in [1.807, 2.05) is 41.5 Å². The van der Waals surface area contributed by atoms with Crippen LogP contribution in [0.15, 0.2) is 12.2 Å². The lowest BCUT2D eigenvalue weighted by Gasteiger charge is -2.54. The van der Waals surface area contributed by atoms with Crippen LogP contribution in [0, 0.1) is 41.4 Å². The van der Waals surface area contributed by atoms with Crippen LogP contribution in [0.4, 0.5) is 0 Å². The predicted octanol–water partition coefficient (Wildman–Crippen LogP) is 6.12. The highest BCUT2D eigenvalue weighted by molar-refractivity contribution is 5.84. The Morgan fingerprint density at radius 2 is 1.59 bits per heavy atom. The Bertz CT molecular complexity index is 1340. The lowest BCUT2D eigenvalue weighted by molar-refractivity contribution is -0.409. The number of Topliss-reactive ketones (excluding diaryl/α,β-unsaturated/α-hetero) is 1. The number of carbonyl (C=O) groups excluding carboxylic acids is 2. The Hall–Kier alpha value is -1.48. The third-order valence-electron chi connectivity index (χ3n) is 14.5. The van der Waals surface area contributed by atoms with Crippen molar-refractivity contribution in [3.8, 4) is 0 Å². The van der Waals surface area contributed by atoms with Gasteiger partial charge in [-0.05, 0) is 95.6 Å². The molecule has 54 heavy (non-hydrogen) atoms. The SMILES string of the molecule is CC[C@@H](C(=O)[C@@H](C)[C@@H](O)[C@H](C)[C@@H]1O[C@@H]([C@@H](CC)C(=O)OO)CC[C@@H]1C)[C@H]1O[C@]2(C=C[C@@H](O)[C@]3(CC[C@@](C)([C@H]4CC[C@](O)(CC)[C@H](C)O4)O3)O2)[C@H](C)C[C@@H]1C. The van der Waals surface area contributed by atoms with E-state index in [-0.39, 0.29) is 35.7 Å². The first-order valence-electron chi connectivity index (χ1n) is 20.9. The van der Waals surface area contributed by atoms with Gasteiger partial charge in [0.15, 0.2) is 5.79 Å². The summed E-state index contributed by atoms with van der Waals surface area (Å²) in [5.74, 6) is -5.77. The average molecular weight is 767 g/mol. The fourth-order valence-electron chi connectivity index (χ4n) is 10.5.